The number of carbonyl (C=O) groups is 1. The predicted molar refractivity (Wildman–Crippen MR) is 144 cm³/mol. The van der Waals surface area contributed by atoms with Crippen molar-refractivity contribution in [2.45, 2.75) is 17.5 Å². The van der Waals surface area contributed by atoms with Crippen molar-refractivity contribution in [3.8, 4) is 5.75 Å². The summed E-state index contributed by atoms with van der Waals surface area (Å²) in [5.74, 6) is -0.0780. The number of nitrogens with one attached hydrogen (secondary N) is 1. The van der Waals surface area contributed by atoms with E-state index in [9.17, 15) is 21.6 Å². The molecule has 1 heterocycles. The van der Waals surface area contributed by atoms with Crippen LogP contribution < -0.4 is 9.46 Å². The fourth-order valence-electron chi connectivity index (χ4n) is 4.41. The van der Waals surface area contributed by atoms with Crippen LogP contribution in [0.3, 0.4) is 0 Å². The Labute approximate surface area is 223 Å². The second-order valence-electron chi connectivity index (χ2n) is 8.99. The lowest BCUT2D eigenvalue weighted by molar-refractivity contribution is -0.147. The van der Waals surface area contributed by atoms with E-state index >= 15 is 0 Å². The van der Waals surface area contributed by atoms with Crippen molar-refractivity contribution in [2.75, 3.05) is 46.1 Å². The Morgan fingerprint density at radius 1 is 0.921 bits per heavy atom. The molecule has 1 atom stereocenters. The summed E-state index contributed by atoms with van der Waals surface area (Å²) < 4.78 is 64.0. The van der Waals surface area contributed by atoms with Crippen molar-refractivity contribution in [3.05, 3.63) is 72.3 Å². The first-order chi connectivity index (χ1) is 18.1. The molecule has 3 aromatic carbocycles. The van der Waals surface area contributed by atoms with Gasteiger partial charge in [0.25, 0.3) is 0 Å². The Balaban J connectivity index is 1.38. The molecule has 0 bridgehead atoms. The Kier molecular flexibility index (Phi) is 8.68. The number of esters is 1. The molecule has 1 aliphatic heterocycles. The highest BCUT2D eigenvalue weighted by atomic mass is 32.2. The van der Waals surface area contributed by atoms with E-state index in [2.05, 4.69) is 4.72 Å². The Morgan fingerprint density at radius 3 is 2.24 bits per heavy atom. The van der Waals surface area contributed by atoms with Crippen LogP contribution >= 0.6 is 0 Å². The number of hydrogen-bond acceptors (Lipinski definition) is 8. The molecule has 10 nitrogen and oxygen atoms in total. The van der Waals surface area contributed by atoms with E-state index in [0.29, 0.717) is 12.4 Å². The topological polar surface area (TPSA) is 122 Å². The van der Waals surface area contributed by atoms with E-state index < -0.39 is 32.1 Å². The highest BCUT2D eigenvalue weighted by molar-refractivity contribution is 7.89. The monoisotopic (exact) mass is 561 g/mol. The first kappa shape index (κ1) is 28.0. The molecule has 0 aromatic heterocycles. The largest absolute Gasteiger partial charge is 0.489 e. The number of nitrogens with zero attached hydrogens (tertiary/aromatic N) is 2. The summed E-state index contributed by atoms with van der Waals surface area (Å²) in [4.78, 5) is 14.2. The lowest BCUT2D eigenvalue weighted by Gasteiger charge is -2.36. The minimum atomic E-state index is -3.93. The number of rotatable bonds is 10. The molecule has 12 heteroatoms. The van der Waals surface area contributed by atoms with Crippen LogP contribution in [0.15, 0.2) is 71.6 Å². The van der Waals surface area contributed by atoms with E-state index in [1.165, 1.54) is 23.5 Å². The molecular formula is C26H31N3O7S2. The maximum absolute atomic E-state index is 12.9. The predicted octanol–water partition coefficient (Wildman–Crippen LogP) is 1.82. The van der Waals surface area contributed by atoms with Gasteiger partial charge in [-0.25, -0.2) is 21.6 Å². The van der Waals surface area contributed by atoms with Crippen LogP contribution in [-0.2, 0) is 36.2 Å². The Morgan fingerprint density at radius 2 is 1.58 bits per heavy atom. The number of sulfonamides is 2. The van der Waals surface area contributed by atoms with Crippen LogP contribution in [-0.4, -0.2) is 84.1 Å². The smallest absolute Gasteiger partial charge is 0.324 e. The summed E-state index contributed by atoms with van der Waals surface area (Å²) in [6.45, 7) is 1.08. The van der Waals surface area contributed by atoms with Gasteiger partial charge in [-0.2, -0.15) is 4.31 Å². The number of hydrogen-bond donors (Lipinski definition) is 1. The third-order valence-electron chi connectivity index (χ3n) is 6.53. The average molecular weight is 562 g/mol. The summed E-state index contributed by atoms with van der Waals surface area (Å²) in [6.07, 6.45) is 1.13. The summed E-state index contributed by atoms with van der Waals surface area (Å²) >= 11 is 0. The van der Waals surface area contributed by atoms with Gasteiger partial charge in [-0.05, 0) is 40.6 Å². The standard InChI is InChI=1S/C26H31N3O7S2/c1-35-26(30)25(28-14-16-29(17-15-28)37(2,31)32)18-27-38(33,34)23-12-10-22(11-13-23)36-19-21-8-5-7-20-6-3-4-9-24(20)21/h3-13,25,27H,14-19H2,1-2H3. The van der Waals surface area contributed by atoms with Crippen molar-refractivity contribution < 1.29 is 31.1 Å². The van der Waals surface area contributed by atoms with Crippen molar-refractivity contribution >= 4 is 36.8 Å². The van der Waals surface area contributed by atoms with Crippen LogP contribution in [0.2, 0.25) is 0 Å². The lowest BCUT2D eigenvalue weighted by Crippen LogP contribution is -2.56. The number of fused-ring (bicyclic) bond motifs is 1. The molecule has 1 fully saturated rings. The third-order valence-corrected chi connectivity index (χ3v) is 9.27. The van der Waals surface area contributed by atoms with Crippen LogP contribution in [0.25, 0.3) is 10.8 Å². The Hall–Kier alpha value is -3.03. The number of benzene rings is 3. The molecule has 1 N–H and O–H groups in total. The van der Waals surface area contributed by atoms with Crippen LogP contribution in [0.1, 0.15) is 5.56 Å². The minimum Gasteiger partial charge on any atom is -0.489 e. The number of methoxy groups -OCH3 is 1. The SMILES string of the molecule is COC(=O)C(CNS(=O)(=O)c1ccc(OCc2cccc3ccccc23)cc1)N1CCN(S(C)(=O)=O)CC1. The lowest BCUT2D eigenvalue weighted by atomic mass is 10.1. The molecule has 1 aliphatic rings. The molecule has 0 spiro atoms. The normalized spacial score (nSPS) is 16.3. The van der Waals surface area contributed by atoms with Gasteiger partial charge < -0.3 is 9.47 Å². The highest BCUT2D eigenvalue weighted by Crippen LogP contribution is 2.22. The molecule has 3 aromatic rings. The van der Waals surface area contributed by atoms with Gasteiger partial charge in [0.1, 0.15) is 18.4 Å². The van der Waals surface area contributed by atoms with Gasteiger partial charge >= 0.3 is 5.97 Å². The highest BCUT2D eigenvalue weighted by Gasteiger charge is 2.33. The molecule has 1 saturated heterocycles. The molecule has 0 saturated carbocycles. The van der Waals surface area contributed by atoms with Crippen molar-refractivity contribution in [1.82, 2.24) is 13.9 Å². The maximum atomic E-state index is 12.9. The second-order valence-corrected chi connectivity index (χ2v) is 12.7. The van der Waals surface area contributed by atoms with Gasteiger partial charge in [0.05, 0.1) is 18.3 Å². The summed E-state index contributed by atoms with van der Waals surface area (Å²) in [5.41, 5.74) is 1.02. The van der Waals surface area contributed by atoms with E-state index in [-0.39, 0.29) is 37.6 Å². The molecular weight excluding hydrogens is 530 g/mol. The van der Waals surface area contributed by atoms with Crippen molar-refractivity contribution in [1.29, 1.82) is 0 Å². The zero-order chi connectivity index (χ0) is 27.3. The zero-order valence-corrected chi connectivity index (χ0v) is 22.9. The zero-order valence-electron chi connectivity index (χ0n) is 21.2. The number of carbonyl (C=O) groups excluding carboxylic acids is 1. The van der Waals surface area contributed by atoms with Gasteiger partial charge in [0.2, 0.25) is 20.0 Å². The summed E-state index contributed by atoms with van der Waals surface area (Å²) in [6, 6.07) is 19.2. The van der Waals surface area contributed by atoms with Gasteiger partial charge in [-0.15, -0.1) is 0 Å². The quantitative estimate of drug-likeness (QED) is 0.372. The van der Waals surface area contributed by atoms with Crippen LogP contribution in [0, 0.1) is 0 Å². The van der Waals surface area contributed by atoms with Crippen LogP contribution in [0.4, 0.5) is 0 Å². The van der Waals surface area contributed by atoms with E-state index in [0.717, 1.165) is 22.6 Å². The minimum absolute atomic E-state index is 0.0283. The fraction of sp³-hybridized carbons (Fsp3) is 0.346. The Bertz CT molecular complexity index is 1480. The molecule has 0 amide bonds. The van der Waals surface area contributed by atoms with E-state index in [4.69, 9.17) is 9.47 Å². The number of ether oxygens (including phenoxy) is 2. The van der Waals surface area contributed by atoms with Gasteiger partial charge in [0, 0.05) is 32.7 Å². The first-order valence-electron chi connectivity index (χ1n) is 12.0. The second kappa shape index (κ2) is 11.8. The van der Waals surface area contributed by atoms with Crippen molar-refractivity contribution in [2.24, 2.45) is 0 Å². The molecule has 0 aliphatic carbocycles. The van der Waals surface area contributed by atoms with Crippen LogP contribution in [0.5, 0.6) is 5.75 Å². The first-order valence-corrected chi connectivity index (χ1v) is 15.4. The molecule has 1 unspecified atom stereocenters. The molecule has 4 rings (SSSR count). The summed E-state index contributed by atoms with van der Waals surface area (Å²) in [5, 5.41) is 2.21. The van der Waals surface area contributed by atoms with Gasteiger partial charge in [-0.1, -0.05) is 42.5 Å². The maximum Gasteiger partial charge on any atom is 0.324 e. The summed E-state index contributed by atoms with van der Waals surface area (Å²) in [7, 11) is -6.04. The van der Waals surface area contributed by atoms with Crippen molar-refractivity contribution in [3.63, 3.8) is 0 Å². The molecule has 0 radical (unpaired) electrons. The molecule has 204 valence electrons. The molecule has 38 heavy (non-hydrogen) atoms. The average Bonchev–Trinajstić information content (AvgIpc) is 2.91. The number of piperazine rings is 1. The van der Waals surface area contributed by atoms with E-state index in [1.807, 2.05) is 42.5 Å². The third kappa shape index (κ3) is 6.69. The fourth-order valence-corrected chi connectivity index (χ4v) is 6.28. The van der Waals surface area contributed by atoms with E-state index in [1.54, 1.807) is 17.0 Å². The van der Waals surface area contributed by atoms with Gasteiger partial charge in [-0.3, -0.25) is 9.69 Å². The van der Waals surface area contributed by atoms with Gasteiger partial charge in [0.15, 0.2) is 0 Å².